The van der Waals surface area contributed by atoms with E-state index in [4.69, 9.17) is 11.6 Å². The minimum absolute atomic E-state index is 0.639. The van der Waals surface area contributed by atoms with Gasteiger partial charge in [0, 0.05) is 30.1 Å². The highest BCUT2D eigenvalue weighted by Crippen LogP contribution is 2.25. The van der Waals surface area contributed by atoms with Gasteiger partial charge >= 0.3 is 0 Å². The second-order valence-electron chi connectivity index (χ2n) is 4.30. The Morgan fingerprint density at radius 1 is 1.53 bits per heavy atom. The van der Waals surface area contributed by atoms with Gasteiger partial charge in [0.2, 0.25) is 0 Å². The van der Waals surface area contributed by atoms with E-state index in [1.807, 2.05) is 6.20 Å². The fraction of sp³-hybridized carbons (Fsp3) is 0.727. The van der Waals surface area contributed by atoms with Crippen LogP contribution in [0.2, 0.25) is 0 Å². The molecule has 1 aliphatic rings. The van der Waals surface area contributed by atoms with Crippen molar-refractivity contribution in [2.75, 3.05) is 26.0 Å². The number of aromatic nitrogens is 2. The molecule has 1 N–H and O–H groups in total. The number of aryl methyl sites for hydroxylation is 1. The number of piperidine rings is 1. The Morgan fingerprint density at radius 3 is 2.93 bits per heavy atom. The van der Waals surface area contributed by atoms with Crippen LogP contribution in [0.15, 0.2) is 6.20 Å². The number of nitrogens with zero attached hydrogens (tertiary/aromatic N) is 2. The first-order valence-corrected chi connectivity index (χ1v) is 6.11. The van der Waals surface area contributed by atoms with E-state index in [9.17, 15) is 0 Å². The molecule has 0 amide bonds. The van der Waals surface area contributed by atoms with Gasteiger partial charge in [-0.3, -0.25) is 0 Å². The van der Waals surface area contributed by atoms with Crippen LogP contribution in [-0.2, 0) is 6.42 Å². The third-order valence-corrected chi connectivity index (χ3v) is 3.33. The number of nitrogens with one attached hydrogen (secondary N) is 1. The molecular weight excluding hydrogens is 210 g/mol. The predicted octanol–water partition coefficient (Wildman–Crippen LogP) is 2.00. The SMILES string of the molecule is CN1CCC(c2cnc(CCCl)[nH]2)CC1. The zero-order valence-electron chi connectivity index (χ0n) is 9.17. The maximum Gasteiger partial charge on any atom is 0.107 e. The van der Waals surface area contributed by atoms with E-state index in [0.717, 1.165) is 12.2 Å². The number of alkyl halides is 1. The van der Waals surface area contributed by atoms with Gasteiger partial charge in [0.05, 0.1) is 0 Å². The fourth-order valence-electron chi connectivity index (χ4n) is 2.12. The Balaban J connectivity index is 1.96. The van der Waals surface area contributed by atoms with Crippen LogP contribution in [0, 0.1) is 0 Å². The topological polar surface area (TPSA) is 31.9 Å². The minimum atomic E-state index is 0.639. The van der Waals surface area contributed by atoms with E-state index in [1.165, 1.54) is 31.6 Å². The number of hydrogen-bond donors (Lipinski definition) is 1. The van der Waals surface area contributed by atoms with Crippen molar-refractivity contribution in [3.63, 3.8) is 0 Å². The van der Waals surface area contributed by atoms with E-state index in [2.05, 4.69) is 21.9 Å². The van der Waals surface area contributed by atoms with Crippen molar-refractivity contribution in [2.45, 2.75) is 25.2 Å². The molecule has 0 bridgehead atoms. The van der Waals surface area contributed by atoms with E-state index in [1.54, 1.807) is 0 Å². The first-order chi connectivity index (χ1) is 7.29. The third kappa shape index (κ3) is 2.73. The standard InChI is InChI=1S/C11H18ClN3/c1-15-6-3-9(4-7-15)10-8-13-11(14-10)2-5-12/h8-9H,2-7H2,1H3,(H,13,14). The van der Waals surface area contributed by atoms with Crippen molar-refractivity contribution < 1.29 is 0 Å². The maximum absolute atomic E-state index is 5.68. The van der Waals surface area contributed by atoms with Crippen LogP contribution in [0.5, 0.6) is 0 Å². The summed E-state index contributed by atoms with van der Waals surface area (Å²) >= 11 is 5.68. The minimum Gasteiger partial charge on any atom is -0.346 e. The number of likely N-dealkylation sites (tertiary alicyclic amines) is 1. The van der Waals surface area contributed by atoms with Gasteiger partial charge in [-0.2, -0.15) is 0 Å². The lowest BCUT2D eigenvalue weighted by Gasteiger charge is -2.28. The predicted molar refractivity (Wildman–Crippen MR) is 62.5 cm³/mol. The Labute approximate surface area is 95.8 Å². The summed E-state index contributed by atoms with van der Waals surface area (Å²) in [7, 11) is 2.18. The van der Waals surface area contributed by atoms with Crippen LogP contribution in [0.25, 0.3) is 0 Å². The lowest BCUT2D eigenvalue weighted by atomic mass is 9.94. The summed E-state index contributed by atoms with van der Waals surface area (Å²) in [5.74, 6) is 2.33. The Bertz CT molecular complexity index is 303. The fourth-order valence-corrected chi connectivity index (χ4v) is 2.30. The molecule has 0 unspecified atom stereocenters. The Morgan fingerprint density at radius 2 is 2.27 bits per heavy atom. The maximum atomic E-state index is 5.68. The van der Waals surface area contributed by atoms with Crippen molar-refractivity contribution in [1.29, 1.82) is 0 Å². The highest BCUT2D eigenvalue weighted by Gasteiger charge is 2.19. The van der Waals surface area contributed by atoms with Crippen LogP contribution >= 0.6 is 11.6 Å². The second-order valence-corrected chi connectivity index (χ2v) is 4.68. The molecule has 2 rings (SSSR count). The summed E-state index contributed by atoms with van der Waals surface area (Å²) in [6.07, 6.45) is 5.30. The number of H-pyrrole nitrogens is 1. The zero-order valence-corrected chi connectivity index (χ0v) is 9.93. The van der Waals surface area contributed by atoms with E-state index in [-0.39, 0.29) is 0 Å². The lowest BCUT2D eigenvalue weighted by molar-refractivity contribution is 0.253. The van der Waals surface area contributed by atoms with Gasteiger partial charge in [-0.05, 0) is 33.0 Å². The highest BCUT2D eigenvalue weighted by atomic mass is 35.5. The molecule has 1 aliphatic heterocycles. The molecule has 2 heterocycles. The summed E-state index contributed by atoms with van der Waals surface area (Å²) in [6.45, 7) is 2.38. The zero-order chi connectivity index (χ0) is 10.7. The molecule has 0 radical (unpaired) electrons. The quantitative estimate of drug-likeness (QED) is 0.802. The average molecular weight is 228 g/mol. The van der Waals surface area contributed by atoms with Crippen molar-refractivity contribution in [1.82, 2.24) is 14.9 Å². The summed E-state index contributed by atoms with van der Waals surface area (Å²) in [6, 6.07) is 0. The second kappa shape index (κ2) is 4.99. The van der Waals surface area contributed by atoms with Crippen LogP contribution < -0.4 is 0 Å². The largest absolute Gasteiger partial charge is 0.346 e. The molecule has 0 aromatic carbocycles. The summed E-state index contributed by atoms with van der Waals surface area (Å²) < 4.78 is 0. The summed E-state index contributed by atoms with van der Waals surface area (Å²) in [4.78, 5) is 10.1. The first-order valence-electron chi connectivity index (χ1n) is 5.58. The highest BCUT2D eigenvalue weighted by molar-refractivity contribution is 6.17. The first kappa shape index (κ1) is 11.0. The number of imidazole rings is 1. The van der Waals surface area contributed by atoms with Crippen molar-refractivity contribution in [3.8, 4) is 0 Å². The number of hydrogen-bond acceptors (Lipinski definition) is 2. The lowest BCUT2D eigenvalue weighted by Crippen LogP contribution is -2.29. The van der Waals surface area contributed by atoms with Crippen molar-refractivity contribution in [2.24, 2.45) is 0 Å². The van der Waals surface area contributed by atoms with Crippen LogP contribution in [0.3, 0.4) is 0 Å². The molecule has 3 nitrogen and oxygen atoms in total. The number of halogens is 1. The van der Waals surface area contributed by atoms with Crippen LogP contribution in [-0.4, -0.2) is 40.9 Å². The molecule has 0 atom stereocenters. The molecule has 0 aliphatic carbocycles. The average Bonchev–Trinajstić information content (AvgIpc) is 2.68. The van der Waals surface area contributed by atoms with Crippen LogP contribution in [0.4, 0.5) is 0 Å². The Kier molecular flexibility index (Phi) is 3.65. The van der Waals surface area contributed by atoms with Gasteiger partial charge < -0.3 is 9.88 Å². The smallest absolute Gasteiger partial charge is 0.107 e. The van der Waals surface area contributed by atoms with Gasteiger partial charge in [-0.25, -0.2) is 4.98 Å². The molecule has 15 heavy (non-hydrogen) atoms. The van der Waals surface area contributed by atoms with Crippen molar-refractivity contribution in [3.05, 3.63) is 17.7 Å². The Hall–Kier alpha value is -0.540. The molecule has 4 heteroatoms. The number of rotatable bonds is 3. The van der Waals surface area contributed by atoms with Gasteiger partial charge in [-0.15, -0.1) is 11.6 Å². The molecule has 1 saturated heterocycles. The molecule has 1 fully saturated rings. The number of aromatic amines is 1. The summed E-state index contributed by atoms with van der Waals surface area (Å²) in [5, 5.41) is 0. The monoisotopic (exact) mass is 227 g/mol. The van der Waals surface area contributed by atoms with Crippen LogP contribution in [0.1, 0.15) is 30.3 Å². The van der Waals surface area contributed by atoms with Gasteiger partial charge in [-0.1, -0.05) is 0 Å². The third-order valence-electron chi connectivity index (χ3n) is 3.14. The molecule has 84 valence electrons. The molecule has 1 aromatic heterocycles. The molecule has 0 saturated carbocycles. The van der Waals surface area contributed by atoms with E-state index in [0.29, 0.717) is 11.8 Å². The van der Waals surface area contributed by atoms with E-state index >= 15 is 0 Å². The van der Waals surface area contributed by atoms with Gasteiger partial charge in [0.25, 0.3) is 0 Å². The molecule has 1 aromatic rings. The molecular formula is C11H18ClN3. The van der Waals surface area contributed by atoms with Crippen molar-refractivity contribution >= 4 is 11.6 Å². The van der Waals surface area contributed by atoms with Gasteiger partial charge in [0.15, 0.2) is 0 Å². The van der Waals surface area contributed by atoms with E-state index < -0.39 is 0 Å². The molecule has 0 spiro atoms. The summed E-state index contributed by atoms with van der Waals surface area (Å²) in [5.41, 5.74) is 1.29. The van der Waals surface area contributed by atoms with Gasteiger partial charge in [0.1, 0.15) is 5.82 Å². The normalized spacial score (nSPS) is 19.6.